The highest BCUT2D eigenvalue weighted by Gasteiger charge is 2.19. The standard InChI is InChI=1S/C12H15N3O3/c1-9-3-4-10(15(16)17)11(7-9)18-6-5-12(2,14)8-13/h3-4,7H,5-6,14H2,1-2H3. The van der Waals surface area contributed by atoms with Crippen LogP contribution in [0, 0.1) is 28.4 Å². The lowest BCUT2D eigenvalue weighted by atomic mass is 10.0. The van der Waals surface area contributed by atoms with Gasteiger partial charge in [-0.3, -0.25) is 10.1 Å². The van der Waals surface area contributed by atoms with E-state index >= 15 is 0 Å². The number of hydrogen-bond acceptors (Lipinski definition) is 5. The van der Waals surface area contributed by atoms with Crippen molar-refractivity contribution in [3.05, 3.63) is 33.9 Å². The average molecular weight is 249 g/mol. The molecule has 6 heteroatoms. The van der Waals surface area contributed by atoms with Crippen molar-refractivity contribution in [2.45, 2.75) is 25.8 Å². The number of nitro benzene ring substituents is 1. The molecule has 96 valence electrons. The van der Waals surface area contributed by atoms with Crippen LogP contribution < -0.4 is 10.5 Å². The minimum Gasteiger partial charge on any atom is -0.487 e. The molecule has 1 aromatic carbocycles. The highest BCUT2D eigenvalue weighted by Crippen LogP contribution is 2.28. The van der Waals surface area contributed by atoms with E-state index in [1.807, 2.05) is 13.0 Å². The minimum absolute atomic E-state index is 0.0868. The van der Waals surface area contributed by atoms with Crippen LogP contribution in [0.1, 0.15) is 18.9 Å². The van der Waals surface area contributed by atoms with Crippen LogP contribution in [0.15, 0.2) is 18.2 Å². The number of nitrogens with two attached hydrogens (primary N) is 1. The first-order valence-corrected chi connectivity index (χ1v) is 5.44. The summed E-state index contributed by atoms with van der Waals surface area (Å²) in [5, 5.41) is 19.5. The van der Waals surface area contributed by atoms with Gasteiger partial charge in [-0.1, -0.05) is 6.07 Å². The summed E-state index contributed by atoms with van der Waals surface area (Å²) in [7, 11) is 0. The molecule has 6 nitrogen and oxygen atoms in total. The molecular weight excluding hydrogens is 234 g/mol. The first-order valence-electron chi connectivity index (χ1n) is 5.44. The Balaban J connectivity index is 2.76. The van der Waals surface area contributed by atoms with E-state index in [0.29, 0.717) is 6.42 Å². The van der Waals surface area contributed by atoms with Gasteiger partial charge in [-0.2, -0.15) is 5.26 Å². The second kappa shape index (κ2) is 5.47. The lowest BCUT2D eigenvalue weighted by Gasteiger charge is -2.15. The number of hydrogen-bond donors (Lipinski definition) is 1. The third kappa shape index (κ3) is 3.71. The predicted molar refractivity (Wildman–Crippen MR) is 66.2 cm³/mol. The Kier molecular flexibility index (Phi) is 4.23. The van der Waals surface area contributed by atoms with Gasteiger partial charge < -0.3 is 10.5 Å². The normalized spacial score (nSPS) is 13.4. The Hall–Kier alpha value is -2.13. The molecule has 0 aliphatic rings. The van der Waals surface area contributed by atoms with Crippen molar-refractivity contribution >= 4 is 5.69 Å². The molecule has 0 bridgehead atoms. The fraction of sp³-hybridized carbons (Fsp3) is 0.417. The molecule has 0 saturated heterocycles. The number of nitrogens with zero attached hydrogens (tertiary/aromatic N) is 2. The number of nitriles is 1. The number of benzene rings is 1. The molecule has 0 spiro atoms. The minimum atomic E-state index is -0.987. The van der Waals surface area contributed by atoms with E-state index in [9.17, 15) is 10.1 Å². The summed E-state index contributed by atoms with van der Waals surface area (Å²) >= 11 is 0. The second-order valence-corrected chi connectivity index (χ2v) is 4.36. The van der Waals surface area contributed by atoms with Gasteiger partial charge in [0, 0.05) is 12.5 Å². The number of rotatable bonds is 5. The first kappa shape index (κ1) is 13.9. The Bertz CT molecular complexity index is 492. The third-order valence-electron chi connectivity index (χ3n) is 2.45. The molecule has 1 atom stereocenters. The van der Waals surface area contributed by atoms with Gasteiger partial charge in [0.25, 0.3) is 0 Å². The van der Waals surface area contributed by atoms with E-state index in [2.05, 4.69) is 0 Å². The van der Waals surface area contributed by atoms with Crippen LogP contribution in [0.3, 0.4) is 0 Å². The van der Waals surface area contributed by atoms with E-state index in [1.165, 1.54) is 6.07 Å². The molecule has 0 aliphatic carbocycles. The molecule has 1 unspecified atom stereocenters. The van der Waals surface area contributed by atoms with E-state index in [1.54, 1.807) is 19.1 Å². The van der Waals surface area contributed by atoms with E-state index in [0.717, 1.165) is 5.56 Å². The van der Waals surface area contributed by atoms with Crippen LogP contribution in [0.5, 0.6) is 5.75 Å². The molecule has 18 heavy (non-hydrogen) atoms. The van der Waals surface area contributed by atoms with Gasteiger partial charge in [0.15, 0.2) is 5.75 Å². The van der Waals surface area contributed by atoms with Gasteiger partial charge in [-0.15, -0.1) is 0 Å². The topological polar surface area (TPSA) is 102 Å². The molecular formula is C12H15N3O3. The van der Waals surface area contributed by atoms with Crippen LogP contribution in [-0.4, -0.2) is 17.1 Å². The predicted octanol–water partition coefficient (Wildman–Crippen LogP) is 1.91. The highest BCUT2D eigenvalue weighted by atomic mass is 16.6. The smallest absolute Gasteiger partial charge is 0.310 e. The van der Waals surface area contributed by atoms with Gasteiger partial charge in [0.1, 0.15) is 5.54 Å². The number of aryl methyl sites for hydroxylation is 1. The Morgan fingerprint density at radius 2 is 2.28 bits per heavy atom. The molecule has 1 aromatic rings. The maximum Gasteiger partial charge on any atom is 0.310 e. The molecule has 0 amide bonds. The van der Waals surface area contributed by atoms with Crippen molar-refractivity contribution in [3.63, 3.8) is 0 Å². The Morgan fingerprint density at radius 1 is 1.61 bits per heavy atom. The average Bonchev–Trinajstić information content (AvgIpc) is 2.28. The molecule has 2 N–H and O–H groups in total. The lowest BCUT2D eigenvalue weighted by Crippen LogP contribution is -2.35. The van der Waals surface area contributed by atoms with Crippen LogP contribution in [0.2, 0.25) is 0 Å². The lowest BCUT2D eigenvalue weighted by molar-refractivity contribution is -0.385. The Morgan fingerprint density at radius 3 is 2.83 bits per heavy atom. The van der Waals surface area contributed by atoms with Crippen molar-refractivity contribution < 1.29 is 9.66 Å². The monoisotopic (exact) mass is 249 g/mol. The van der Waals surface area contributed by atoms with Crippen LogP contribution in [0.4, 0.5) is 5.69 Å². The van der Waals surface area contributed by atoms with Crippen molar-refractivity contribution in [1.29, 1.82) is 5.26 Å². The van der Waals surface area contributed by atoms with Crippen LogP contribution in [0.25, 0.3) is 0 Å². The summed E-state index contributed by atoms with van der Waals surface area (Å²) in [4.78, 5) is 10.3. The largest absolute Gasteiger partial charge is 0.487 e. The maximum atomic E-state index is 10.8. The van der Waals surface area contributed by atoms with E-state index < -0.39 is 10.5 Å². The fourth-order valence-electron chi connectivity index (χ4n) is 1.32. The fourth-order valence-corrected chi connectivity index (χ4v) is 1.32. The van der Waals surface area contributed by atoms with Gasteiger partial charge in [-0.05, 0) is 25.5 Å². The maximum absolute atomic E-state index is 10.8. The SMILES string of the molecule is Cc1ccc([N+](=O)[O-])c(OCCC(C)(N)C#N)c1. The van der Waals surface area contributed by atoms with E-state index in [-0.39, 0.29) is 18.0 Å². The molecule has 0 saturated carbocycles. The Labute approximate surface area is 105 Å². The van der Waals surface area contributed by atoms with Gasteiger partial charge in [-0.25, -0.2) is 0 Å². The van der Waals surface area contributed by atoms with Gasteiger partial charge in [0.05, 0.1) is 17.6 Å². The van der Waals surface area contributed by atoms with Crippen molar-refractivity contribution in [1.82, 2.24) is 0 Å². The van der Waals surface area contributed by atoms with Crippen molar-refractivity contribution in [2.75, 3.05) is 6.61 Å². The summed E-state index contributed by atoms with van der Waals surface area (Å²) in [6, 6.07) is 6.58. The van der Waals surface area contributed by atoms with Crippen molar-refractivity contribution in [2.24, 2.45) is 5.73 Å². The quantitative estimate of drug-likeness (QED) is 0.634. The van der Waals surface area contributed by atoms with Gasteiger partial charge >= 0.3 is 5.69 Å². The van der Waals surface area contributed by atoms with Crippen LogP contribution in [-0.2, 0) is 0 Å². The third-order valence-corrected chi connectivity index (χ3v) is 2.45. The molecule has 0 aliphatic heterocycles. The molecule has 0 aromatic heterocycles. The van der Waals surface area contributed by atoms with E-state index in [4.69, 9.17) is 15.7 Å². The van der Waals surface area contributed by atoms with Crippen LogP contribution >= 0.6 is 0 Å². The first-order chi connectivity index (χ1) is 8.35. The zero-order valence-electron chi connectivity index (χ0n) is 10.3. The summed E-state index contributed by atoms with van der Waals surface area (Å²) < 4.78 is 5.34. The zero-order valence-corrected chi connectivity index (χ0v) is 10.3. The highest BCUT2D eigenvalue weighted by molar-refractivity contribution is 5.48. The molecule has 0 radical (unpaired) electrons. The number of nitro groups is 1. The molecule has 1 rings (SSSR count). The summed E-state index contributed by atoms with van der Waals surface area (Å²) in [5.74, 6) is 0.203. The summed E-state index contributed by atoms with van der Waals surface area (Å²) in [6.07, 6.45) is 0.300. The summed E-state index contributed by atoms with van der Waals surface area (Å²) in [5.41, 5.74) is 5.43. The molecule has 0 heterocycles. The molecule has 0 fully saturated rings. The number of ether oxygens (including phenoxy) is 1. The van der Waals surface area contributed by atoms with Crippen molar-refractivity contribution in [3.8, 4) is 11.8 Å². The second-order valence-electron chi connectivity index (χ2n) is 4.36. The summed E-state index contributed by atoms with van der Waals surface area (Å²) in [6.45, 7) is 3.56. The van der Waals surface area contributed by atoms with Gasteiger partial charge in [0.2, 0.25) is 0 Å². The zero-order chi connectivity index (χ0) is 13.8.